The van der Waals surface area contributed by atoms with Crippen LogP contribution < -0.4 is 5.73 Å². The molecule has 0 radical (unpaired) electrons. The van der Waals surface area contributed by atoms with E-state index in [1.54, 1.807) is 16.8 Å². The zero-order valence-corrected chi connectivity index (χ0v) is 10.2. The van der Waals surface area contributed by atoms with Crippen LogP contribution in [0.2, 0.25) is 0 Å². The molecule has 2 unspecified atom stereocenters. The Morgan fingerprint density at radius 1 is 1.69 bits per heavy atom. The molecule has 88 valence electrons. The molecule has 2 N–H and O–H groups in total. The van der Waals surface area contributed by atoms with Gasteiger partial charge in [-0.25, -0.2) is 0 Å². The van der Waals surface area contributed by atoms with Crippen molar-refractivity contribution in [3.8, 4) is 0 Å². The molecule has 5 heteroatoms. The van der Waals surface area contributed by atoms with E-state index in [2.05, 4.69) is 11.9 Å². The lowest BCUT2D eigenvalue weighted by atomic mass is 9.95. The molecule has 1 aliphatic rings. The summed E-state index contributed by atoms with van der Waals surface area (Å²) in [7, 11) is 0. The number of rotatable bonds is 3. The van der Waals surface area contributed by atoms with Gasteiger partial charge in [0.1, 0.15) is 0 Å². The van der Waals surface area contributed by atoms with Crippen LogP contribution >= 0.6 is 11.3 Å². The van der Waals surface area contributed by atoms with E-state index in [0.29, 0.717) is 6.42 Å². The molecule has 0 spiro atoms. The van der Waals surface area contributed by atoms with Gasteiger partial charge in [-0.3, -0.25) is 9.78 Å². The highest BCUT2D eigenvalue weighted by atomic mass is 32.1. The molecule has 2 atom stereocenters. The van der Waals surface area contributed by atoms with Crippen molar-refractivity contribution in [1.29, 1.82) is 0 Å². The number of amides is 1. The molecular formula is C11H17N3OS. The Hall–Kier alpha value is -0.940. The maximum absolute atomic E-state index is 11.9. The average Bonchev–Trinajstić information content (AvgIpc) is 2.77. The molecule has 16 heavy (non-hydrogen) atoms. The molecule has 2 rings (SSSR count). The molecule has 1 aromatic heterocycles. The molecule has 2 heterocycles. The van der Waals surface area contributed by atoms with Crippen molar-refractivity contribution in [3.05, 3.63) is 16.6 Å². The Balaban J connectivity index is 2.25. The lowest BCUT2D eigenvalue weighted by Crippen LogP contribution is -2.48. The molecule has 1 fully saturated rings. The van der Waals surface area contributed by atoms with Crippen LogP contribution in [0, 0.1) is 0 Å². The monoisotopic (exact) mass is 239 g/mol. The smallest absolute Gasteiger partial charge is 0.223 e. The molecule has 0 saturated carbocycles. The van der Waals surface area contributed by atoms with Gasteiger partial charge >= 0.3 is 0 Å². The van der Waals surface area contributed by atoms with E-state index >= 15 is 0 Å². The van der Waals surface area contributed by atoms with Crippen molar-refractivity contribution in [2.45, 2.75) is 38.3 Å². The minimum Gasteiger partial charge on any atom is -0.333 e. The summed E-state index contributed by atoms with van der Waals surface area (Å²) in [6, 6.07) is 0.0819. The highest BCUT2D eigenvalue weighted by Crippen LogP contribution is 2.32. The van der Waals surface area contributed by atoms with E-state index in [-0.39, 0.29) is 18.0 Å². The summed E-state index contributed by atoms with van der Waals surface area (Å²) in [6.07, 6.45) is 4.16. The third-order valence-electron chi connectivity index (χ3n) is 2.96. The normalized spacial score (nSPS) is 26.1. The second-order valence-corrected chi connectivity index (χ2v) is 5.06. The van der Waals surface area contributed by atoms with Crippen LogP contribution in [0.15, 0.2) is 11.7 Å². The third-order valence-corrected chi connectivity index (χ3v) is 3.81. The zero-order valence-electron chi connectivity index (χ0n) is 9.43. The summed E-state index contributed by atoms with van der Waals surface area (Å²) in [4.78, 5) is 19.0. The van der Waals surface area contributed by atoms with Crippen molar-refractivity contribution in [2.75, 3.05) is 6.54 Å². The number of carbonyl (C=O) groups excluding carboxylic acids is 1. The van der Waals surface area contributed by atoms with E-state index in [1.807, 2.05) is 11.1 Å². The Kier molecular flexibility index (Phi) is 3.56. The number of nitrogens with two attached hydrogens (primary N) is 1. The number of likely N-dealkylation sites (tertiary alicyclic amines) is 1. The minimum atomic E-state index is 0.0358. The van der Waals surface area contributed by atoms with Gasteiger partial charge in [0, 0.05) is 30.1 Å². The highest BCUT2D eigenvalue weighted by molar-refractivity contribution is 7.09. The number of piperidine rings is 1. The molecule has 1 amide bonds. The Morgan fingerprint density at radius 2 is 2.50 bits per heavy atom. The standard InChI is InChI=1S/C11H17N3OS/c1-2-5-14-10(15)4-3-8(12)11(14)9-6-13-7-16-9/h6-8,11H,2-5,12H2,1H3. The second-order valence-electron chi connectivity index (χ2n) is 4.14. The minimum absolute atomic E-state index is 0.0358. The summed E-state index contributed by atoms with van der Waals surface area (Å²) in [5.41, 5.74) is 7.93. The number of thiazole rings is 1. The van der Waals surface area contributed by atoms with Gasteiger partial charge in [0.25, 0.3) is 0 Å². The van der Waals surface area contributed by atoms with Gasteiger partial charge in [0.15, 0.2) is 0 Å². The van der Waals surface area contributed by atoms with Gasteiger partial charge in [0.2, 0.25) is 5.91 Å². The first-order valence-electron chi connectivity index (χ1n) is 5.67. The van der Waals surface area contributed by atoms with Gasteiger partial charge in [-0.2, -0.15) is 0 Å². The largest absolute Gasteiger partial charge is 0.333 e. The third kappa shape index (κ3) is 2.10. The fourth-order valence-electron chi connectivity index (χ4n) is 2.22. The quantitative estimate of drug-likeness (QED) is 0.870. The van der Waals surface area contributed by atoms with Crippen molar-refractivity contribution in [3.63, 3.8) is 0 Å². The average molecular weight is 239 g/mol. The van der Waals surface area contributed by atoms with Gasteiger partial charge in [-0.15, -0.1) is 11.3 Å². The molecule has 1 aliphatic heterocycles. The fourth-order valence-corrected chi connectivity index (χ4v) is 3.03. The van der Waals surface area contributed by atoms with E-state index in [9.17, 15) is 4.79 Å². The maximum Gasteiger partial charge on any atom is 0.223 e. The van der Waals surface area contributed by atoms with E-state index in [1.165, 1.54) is 0 Å². The molecule has 1 saturated heterocycles. The molecular weight excluding hydrogens is 222 g/mol. The molecule has 4 nitrogen and oxygen atoms in total. The first-order chi connectivity index (χ1) is 7.74. The predicted molar refractivity (Wildman–Crippen MR) is 64.1 cm³/mol. The Labute approximate surface area is 99.5 Å². The van der Waals surface area contributed by atoms with Crippen molar-refractivity contribution in [2.24, 2.45) is 5.73 Å². The number of hydrogen-bond acceptors (Lipinski definition) is 4. The fraction of sp³-hybridized carbons (Fsp3) is 0.636. The van der Waals surface area contributed by atoms with E-state index in [4.69, 9.17) is 5.73 Å². The number of hydrogen-bond donors (Lipinski definition) is 1. The number of nitrogens with zero attached hydrogens (tertiary/aromatic N) is 2. The first kappa shape index (κ1) is 11.5. The molecule has 0 aliphatic carbocycles. The van der Waals surface area contributed by atoms with Crippen molar-refractivity contribution in [1.82, 2.24) is 9.88 Å². The summed E-state index contributed by atoms with van der Waals surface area (Å²) in [5.74, 6) is 0.224. The zero-order chi connectivity index (χ0) is 11.5. The summed E-state index contributed by atoms with van der Waals surface area (Å²) in [6.45, 7) is 2.87. The number of aromatic nitrogens is 1. The summed E-state index contributed by atoms with van der Waals surface area (Å²) < 4.78 is 0. The SMILES string of the molecule is CCCN1C(=O)CCC(N)C1c1cncs1. The molecule has 0 bridgehead atoms. The summed E-state index contributed by atoms with van der Waals surface area (Å²) in [5, 5.41) is 0. The van der Waals surface area contributed by atoms with Gasteiger partial charge in [-0.05, 0) is 12.8 Å². The lowest BCUT2D eigenvalue weighted by molar-refractivity contribution is -0.137. The van der Waals surface area contributed by atoms with Crippen LogP contribution in [0.1, 0.15) is 37.1 Å². The van der Waals surface area contributed by atoms with Crippen molar-refractivity contribution < 1.29 is 4.79 Å². The van der Waals surface area contributed by atoms with Gasteiger partial charge in [-0.1, -0.05) is 6.92 Å². The second kappa shape index (κ2) is 4.93. The molecule has 0 aromatic carbocycles. The topological polar surface area (TPSA) is 59.2 Å². The van der Waals surface area contributed by atoms with Crippen LogP contribution in [-0.2, 0) is 4.79 Å². The Morgan fingerprint density at radius 3 is 3.12 bits per heavy atom. The van der Waals surface area contributed by atoms with E-state index in [0.717, 1.165) is 24.3 Å². The van der Waals surface area contributed by atoms with Crippen molar-refractivity contribution >= 4 is 17.2 Å². The number of carbonyl (C=O) groups is 1. The predicted octanol–water partition coefficient (Wildman–Crippen LogP) is 1.54. The molecule has 1 aromatic rings. The lowest BCUT2D eigenvalue weighted by Gasteiger charge is -2.38. The highest BCUT2D eigenvalue weighted by Gasteiger charge is 2.34. The maximum atomic E-state index is 11.9. The van der Waals surface area contributed by atoms with Crippen LogP contribution in [0.5, 0.6) is 0 Å². The van der Waals surface area contributed by atoms with Crippen LogP contribution in [0.3, 0.4) is 0 Å². The first-order valence-corrected chi connectivity index (χ1v) is 6.55. The van der Waals surface area contributed by atoms with Gasteiger partial charge < -0.3 is 10.6 Å². The summed E-state index contributed by atoms with van der Waals surface area (Å²) >= 11 is 1.58. The Bertz CT molecular complexity index is 352. The van der Waals surface area contributed by atoms with Crippen LogP contribution in [-0.4, -0.2) is 28.4 Å². The van der Waals surface area contributed by atoms with E-state index < -0.39 is 0 Å². The van der Waals surface area contributed by atoms with Gasteiger partial charge in [0.05, 0.1) is 11.6 Å². The van der Waals surface area contributed by atoms with Crippen LogP contribution in [0.4, 0.5) is 0 Å². The van der Waals surface area contributed by atoms with Crippen LogP contribution in [0.25, 0.3) is 0 Å².